The van der Waals surface area contributed by atoms with Crippen LogP contribution in [0.5, 0.6) is 0 Å². The summed E-state index contributed by atoms with van der Waals surface area (Å²) < 4.78 is 3.39. The second-order valence-corrected chi connectivity index (χ2v) is 3.34. The summed E-state index contributed by atoms with van der Waals surface area (Å²) >= 11 is 4.67. The molecular weight excluding hydrogens is 326 g/mol. The van der Waals surface area contributed by atoms with Gasteiger partial charge in [0.2, 0.25) is 0 Å². The molecule has 0 aliphatic heterocycles. The summed E-state index contributed by atoms with van der Waals surface area (Å²) in [5, 5.41) is 0. The molecule has 0 heterocycles. The van der Waals surface area contributed by atoms with Gasteiger partial charge in [0.15, 0.2) is 0 Å². The van der Waals surface area contributed by atoms with Gasteiger partial charge in [-0.1, -0.05) is 51.3 Å². The molecule has 0 aromatic heterocycles. The molecule has 0 rings (SSSR count). The van der Waals surface area contributed by atoms with E-state index in [1.807, 2.05) is 0 Å². The van der Waals surface area contributed by atoms with E-state index in [-0.39, 0.29) is 0 Å². The fourth-order valence-corrected chi connectivity index (χ4v) is 1.32. The molecular formula is C6H10I2. The SMILES string of the molecule is I/C=C/CCCCI. The number of halogens is 2. The average Bonchev–Trinajstić information content (AvgIpc) is 1.81. The van der Waals surface area contributed by atoms with Gasteiger partial charge >= 0.3 is 0 Å². The van der Waals surface area contributed by atoms with E-state index < -0.39 is 0 Å². The van der Waals surface area contributed by atoms with E-state index in [0.29, 0.717) is 0 Å². The molecule has 2 heteroatoms. The van der Waals surface area contributed by atoms with Crippen molar-refractivity contribution in [3.8, 4) is 0 Å². The van der Waals surface area contributed by atoms with E-state index >= 15 is 0 Å². The Balaban J connectivity index is 2.72. The minimum atomic E-state index is 1.26. The van der Waals surface area contributed by atoms with Crippen molar-refractivity contribution in [2.24, 2.45) is 0 Å². The van der Waals surface area contributed by atoms with Crippen LogP contribution >= 0.6 is 45.2 Å². The van der Waals surface area contributed by atoms with E-state index in [9.17, 15) is 0 Å². The van der Waals surface area contributed by atoms with Crippen molar-refractivity contribution in [1.29, 1.82) is 0 Å². The Hall–Kier alpha value is 1.20. The van der Waals surface area contributed by atoms with Gasteiger partial charge in [0.25, 0.3) is 0 Å². The van der Waals surface area contributed by atoms with Gasteiger partial charge in [-0.3, -0.25) is 0 Å². The first-order valence-corrected chi connectivity index (χ1v) is 5.50. The molecule has 0 aliphatic carbocycles. The molecule has 0 saturated carbocycles. The Morgan fingerprint density at radius 3 is 2.50 bits per heavy atom. The zero-order valence-electron chi connectivity index (χ0n) is 4.74. The molecule has 0 radical (unpaired) electrons. The molecule has 0 atom stereocenters. The highest BCUT2D eigenvalue weighted by molar-refractivity contribution is 14.1. The van der Waals surface area contributed by atoms with Crippen molar-refractivity contribution in [3.05, 3.63) is 10.2 Å². The van der Waals surface area contributed by atoms with Crippen molar-refractivity contribution in [1.82, 2.24) is 0 Å². The molecule has 0 aliphatic rings. The first-order chi connectivity index (χ1) is 3.91. The summed E-state index contributed by atoms with van der Waals surface area (Å²) in [6.45, 7) is 0. The number of unbranched alkanes of at least 4 members (excludes halogenated alkanes) is 2. The fourth-order valence-electron chi connectivity index (χ4n) is 0.420. The predicted molar refractivity (Wildman–Crippen MR) is 55.9 cm³/mol. The summed E-state index contributed by atoms with van der Waals surface area (Å²) in [5.74, 6) is 0. The first-order valence-electron chi connectivity index (χ1n) is 2.73. The van der Waals surface area contributed by atoms with Gasteiger partial charge in [0.1, 0.15) is 0 Å². The average molecular weight is 336 g/mol. The number of alkyl halides is 1. The van der Waals surface area contributed by atoms with Crippen LogP contribution in [0.1, 0.15) is 19.3 Å². The third-order valence-electron chi connectivity index (χ3n) is 0.844. The molecule has 0 N–H and O–H groups in total. The molecule has 48 valence electrons. The Morgan fingerprint density at radius 1 is 1.25 bits per heavy atom. The van der Waals surface area contributed by atoms with Crippen LogP contribution in [0.2, 0.25) is 0 Å². The quantitative estimate of drug-likeness (QED) is 0.419. The third kappa shape index (κ3) is 7.20. The van der Waals surface area contributed by atoms with Crippen LogP contribution in [-0.2, 0) is 0 Å². The van der Waals surface area contributed by atoms with Crippen molar-refractivity contribution >= 4 is 45.2 Å². The van der Waals surface area contributed by atoms with Crippen molar-refractivity contribution in [2.75, 3.05) is 4.43 Å². The van der Waals surface area contributed by atoms with Gasteiger partial charge in [-0.15, -0.1) is 0 Å². The van der Waals surface area contributed by atoms with E-state index in [0.717, 1.165) is 0 Å². The summed E-state index contributed by atoms with van der Waals surface area (Å²) in [7, 11) is 0. The molecule has 8 heavy (non-hydrogen) atoms. The predicted octanol–water partition coefficient (Wildman–Crippen LogP) is 3.54. The second-order valence-electron chi connectivity index (χ2n) is 1.55. The summed E-state index contributed by atoms with van der Waals surface area (Å²) in [6, 6.07) is 0. The first kappa shape index (κ1) is 9.20. The van der Waals surface area contributed by atoms with Gasteiger partial charge < -0.3 is 0 Å². The van der Waals surface area contributed by atoms with Crippen LogP contribution in [0.3, 0.4) is 0 Å². The Morgan fingerprint density at radius 2 is 2.00 bits per heavy atom. The third-order valence-corrected chi connectivity index (χ3v) is 2.11. The molecule has 0 unspecified atom stereocenters. The minimum Gasteiger partial charge on any atom is -0.0864 e. The summed E-state index contributed by atoms with van der Waals surface area (Å²) in [4.78, 5) is 0. The highest BCUT2D eigenvalue weighted by atomic mass is 127. The number of allylic oxidation sites excluding steroid dienone is 1. The monoisotopic (exact) mass is 336 g/mol. The lowest BCUT2D eigenvalue weighted by atomic mass is 10.3. The lowest BCUT2D eigenvalue weighted by Crippen LogP contribution is -1.71. The normalized spacial score (nSPS) is 10.8. The largest absolute Gasteiger partial charge is 0.0864 e. The highest BCUT2D eigenvalue weighted by Gasteiger charge is 1.79. The molecule has 0 bridgehead atoms. The Kier molecular flexibility index (Phi) is 9.43. The van der Waals surface area contributed by atoms with Crippen molar-refractivity contribution < 1.29 is 0 Å². The number of rotatable bonds is 4. The van der Waals surface area contributed by atoms with Crippen molar-refractivity contribution in [2.45, 2.75) is 19.3 Å². The standard InChI is InChI=1S/C6H10I2/c7-5-3-1-2-4-6-8/h3,5H,1-2,4,6H2/b5-3+. The van der Waals surface area contributed by atoms with Gasteiger partial charge in [-0.25, -0.2) is 0 Å². The Labute approximate surface area is 78.4 Å². The second kappa shape index (κ2) is 8.20. The molecule has 0 fully saturated rings. The molecule has 0 nitrogen and oxygen atoms in total. The molecule has 0 spiro atoms. The molecule has 0 amide bonds. The lowest BCUT2D eigenvalue weighted by molar-refractivity contribution is 0.832. The zero-order chi connectivity index (χ0) is 6.24. The maximum absolute atomic E-state index is 2.41. The fraction of sp³-hybridized carbons (Fsp3) is 0.667. The topological polar surface area (TPSA) is 0 Å². The molecule has 0 saturated heterocycles. The van der Waals surface area contributed by atoms with Gasteiger partial charge in [0, 0.05) is 0 Å². The highest BCUT2D eigenvalue weighted by Crippen LogP contribution is 2.00. The maximum Gasteiger partial charge on any atom is -0.000462 e. The van der Waals surface area contributed by atoms with E-state index in [1.165, 1.54) is 23.7 Å². The van der Waals surface area contributed by atoms with Crippen LogP contribution in [0, 0.1) is 0 Å². The van der Waals surface area contributed by atoms with Crippen molar-refractivity contribution in [3.63, 3.8) is 0 Å². The summed E-state index contributed by atoms with van der Waals surface area (Å²) in [6.07, 6.45) is 6.18. The van der Waals surface area contributed by atoms with E-state index in [4.69, 9.17) is 0 Å². The van der Waals surface area contributed by atoms with Gasteiger partial charge in [-0.2, -0.15) is 0 Å². The van der Waals surface area contributed by atoms with Crippen LogP contribution < -0.4 is 0 Å². The van der Waals surface area contributed by atoms with Crippen LogP contribution in [0.15, 0.2) is 10.2 Å². The Bertz CT molecular complexity index is 59.5. The van der Waals surface area contributed by atoms with Crippen LogP contribution in [-0.4, -0.2) is 4.43 Å². The smallest absolute Gasteiger partial charge is 0.000462 e. The molecule has 0 aromatic rings. The van der Waals surface area contributed by atoms with E-state index in [1.54, 1.807) is 0 Å². The number of hydrogen-bond donors (Lipinski definition) is 0. The summed E-state index contributed by atoms with van der Waals surface area (Å²) in [5.41, 5.74) is 0. The molecule has 0 aromatic carbocycles. The number of hydrogen-bond acceptors (Lipinski definition) is 0. The lowest BCUT2D eigenvalue weighted by Gasteiger charge is -1.87. The van der Waals surface area contributed by atoms with Gasteiger partial charge in [-0.05, 0) is 27.8 Å². The minimum absolute atomic E-state index is 1.26. The van der Waals surface area contributed by atoms with Gasteiger partial charge in [0.05, 0.1) is 0 Å². The zero-order valence-corrected chi connectivity index (χ0v) is 9.05. The maximum atomic E-state index is 2.41. The van der Waals surface area contributed by atoms with E-state index in [2.05, 4.69) is 55.3 Å². The van der Waals surface area contributed by atoms with Crippen LogP contribution in [0.25, 0.3) is 0 Å². The van der Waals surface area contributed by atoms with Crippen LogP contribution in [0.4, 0.5) is 0 Å².